The van der Waals surface area contributed by atoms with Crippen LogP contribution in [0.3, 0.4) is 0 Å². The van der Waals surface area contributed by atoms with Crippen molar-refractivity contribution in [2.24, 2.45) is 11.8 Å². The topological polar surface area (TPSA) is 47.6 Å². The second-order valence-corrected chi connectivity index (χ2v) is 4.94. The van der Waals surface area contributed by atoms with Crippen LogP contribution >= 0.6 is 0 Å². The molecule has 0 saturated carbocycles. The Labute approximate surface area is 96.7 Å². The molecule has 0 amide bonds. The first-order valence-corrected chi connectivity index (χ1v) is 6.23. The molecule has 2 heterocycles. The summed E-state index contributed by atoms with van der Waals surface area (Å²) in [6.45, 7) is 5.46. The van der Waals surface area contributed by atoms with Gasteiger partial charge in [-0.2, -0.15) is 0 Å². The summed E-state index contributed by atoms with van der Waals surface area (Å²) in [5.74, 6) is 0.978. The Hall–Kier alpha value is -0.610. The number of ether oxygens (including phenoxy) is 2. The molecule has 0 aliphatic carbocycles. The highest BCUT2D eigenvalue weighted by Crippen LogP contribution is 2.23. The van der Waals surface area contributed by atoms with Crippen LogP contribution in [-0.4, -0.2) is 38.4 Å². The lowest BCUT2D eigenvalue weighted by Gasteiger charge is -2.29. The van der Waals surface area contributed by atoms with Crippen molar-refractivity contribution in [2.45, 2.75) is 32.3 Å². The van der Waals surface area contributed by atoms with E-state index in [-0.39, 0.29) is 12.1 Å². The normalized spacial score (nSPS) is 28.2. The number of carbonyl (C=O) groups is 1. The van der Waals surface area contributed by atoms with Crippen LogP contribution in [0.2, 0.25) is 0 Å². The lowest BCUT2D eigenvalue weighted by atomic mass is 9.85. The zero-order valence-corrected chi connectivity index (χ0v) is 9.91. The molecule has 16 heavy (non-hydrogen) atoms. The van der Waals surface area contributed by atoms with Crippen LogP contribution in [0.15, 0.2) is 0 Å². The van der Waals surface area contributed by atoms with Crippen molar-refractivity contribution in [3.8, 4) is 0 Å². The third-order valence-corrected chi connectivity index (χ3v) is 3.53. The molecule has 2 aliphatic rings. The smallest absolute Gasteiger partial charge is 0.306 e. The molecule has 0 aromatic rings. The highest BCUT2D eigenvalue weighted by Gasteiger charge is 2.26. The Morgan fingerprint density at radius 2 is 2.38 bits per heavy atom. The molecule has 2 atom stereocenters. The van der Waals surface area contributed by atoms with Gasteiger partial charge < -0.3 is 14.8 Å². The maximum absolute atomic E-state index is 11.6. The van der Waals surface area contributed by atoms with E-state index in [2.05, 4.69) is 12.2 Å². The second kappa shape index (κ2) is 5.64. The van der Waals surface area contributed by atoms with Crippen LogP contribution in [0.25, 0.3) is 0 Å². The van der Waals surface area contributed by atoms with Crippen molar-refractivity contribution in [3.63, 3.8) is 0 Å². The van der Waals surface area contributed by atoms with Crippen LogP contribution < -0.4 is 5.32 Å². The van der Waals surface area contributed by atoms with E-state index >= 15 is 0 Å². The Kier molecular flexibility index (Phi) is 4.18. The number of rotatable bonds is 4. The second-order valence-electron chi connectivity index (χ2n) is 4.94. The zero-order valence-electron chi connectivity index (χ0n) is 9.91. The van der Waals surface area contributed by atoms with Crippen molar-refractivity contribution < 1.29 is 14.3 Å². The average molecular weight is 227 g/mol. The fraction of sp³-hybridized carbons (Fsp3) is 0.917. The van der Waals surface area contributed by atoms with E-state index in [0.29, 0.717) is 31.5 Å². The SMILES string of the molecule is CC(CC(=O)OC1COC1)C1CCCNC1. The number of esters is 1. The molecule has 0 aromatic heterocycles. The predicted molar refractivity (Wildman–Crippen MR) is 60.1 cm³/mol. The standard InChI is InChI=1S/C12H21NO3/c1-9(10-3-2-4-13-6-10)5-12(14)16-11-7-15-8-11/h9-11,13H,2-8H2,1H3. The van der Waals surface area contributed by atoms with Crippen LogP contribution in [-0.2, 0) is 14.3 Å². The molecule has 4 heteroatoms. The van der Waals surface area contributed by atoms with Gasteiger partial charge in [0, 0.05) is 6.42 Å². The number of nitrogens with one attached hydrogen (secondary N) is 1. The summed E-state index contributed by atoms with van der Waals surface area (Å²) in [5.41, 5.74) is 0. The Morgan fingerprint density at radius 3 is 2.94 bits per heavy atom. The van der Waals surface area contributed by atoms with E-state index in [4.69, 9.17) is 9.47 Å². The zero-order chi connectivity index (χ0) is 11.4. The Balaban J connectivity index is 1.68. The fourth-order valence-corrected chi connectivity index (χ4v) is 2.31. The first kappa shape index (κ1) is 11.9. The van der Waals surface area contributed by atoms with Crippen molar-refractivity contribution in [3.05, 3.63) is 0 Å². The average Bonchev–Trinajstić information content (AvgIpc) is 2.25. The molecule has 2 aliphatic heterocycles. The minimum absolute atomic E-state index is 0.0178. The van der Waals surface area contributed by atoms with Gasteiger partial charge in [-0.15, -0.1) is 0 Å². The van der Waals surface area contributed by atoms with Crippen molar-refractivity contribution >= 4 is 5.97 Å². The lowest BCUT2D eigenvalue weighted by molar-refractivity contribution is -0.173. The van der Waals surface area contributed by atoms with Crippen molar-refractivity contribution in [2.75, 3.05) is 26.3 Å². The Bertz CT molecular complexity index is 234. The van der Waals surface area contributed by atoms with Crippen LogP contribution in [0.1, 0.15) is 26.2 Å². The first-order chi connectivity index (χ1) is 7.75. The molecule has 0 spiro atoms. The molecule has 2 unspecified atom stereocenters. The molecule has 2 fully saturated rings. The molecule has 92 valence electrons. The van der Waals surface area contributed by atoms with E-state index in [0.717, 1.165) is 13.1 Å². The molecule has 0 radical (unpaired) electrons. The Morgan fingerprint density at radius 1 is 1.56 bits per heavy atom. The van der Waals surface area contributed by atoms with Gasteiger partial charge in [-0.05, 0) is 37.8 Å². The van der Waals surface area contributed by atoms with Gasteiger partial charge in [0.1, 0.15) is 6.10 Å². The summed E-state index contributed by atoms with van der Waals surface area (Å²) in [4.78, 5) is 11.6. The monoisotopic (exact) mass is 227 g/mol. The van der Waals surface area contributed by atoms with Gasteiger partial charge in [-0.25, -0.2) is 0 Å². The van der Waals surface area contributed by atoms with Crippen LogP contribution in [0.4, 0.5) is 0 Å². The summed E-state index contributed by atoms with van der Waals surface area (Å²) in [6, 6.07) is 0. The van der Waals surface area contributed by atoms with Gasteiger partial charge in [0.25, 0.3) is 0 Å². The largest absolute Gasteiger partial charge is 0.457 e. The third-order valence-electron chi connectivity index (χ3n) is 3.53. The minimum atomic E-state index is -0.0635. The molecule has 2 saturated heterocycles. The summed E-state index contributed by atoms with van der Waals surface area (Å²) < 4.78 is 10.2. The third kappa shape index (κ3) is 3.19. The van der Waals surface area contributed by atoms with E-state index in [1.165, 1.54) is 12.8 Å². The fourth-order valence-electron chi connectivity index (χ4n) is 2.31. The number of piperidine rings is 1. The predicted octanol–water partition coefficient (Wildman–Crippen LogP) is 0.954. The van der Waals surface area contributed by atoms with Crippen molar-refractivity contribution in [1.82, 2.24) is 5.32 Å². The maximum atomic E-state index is 11.6. The first-order valence-electron chi connectivity index (χ1n) is 6.23. The quantitative estimate of drug-likeness (QED) is 0.727. The molecule has 2 rings (SSSR count). The summed E-state index contributed by atoms with van der Waals surface area (Å²) in [7, 11) is 0. The molecule has 0 bridgehead atoms. The lowest BCUT2D eigenvalue weighted by Crippen LogP contribution is -2.39. The van der Waals surface area contributed by atoms with Gasteiger partial charge >= 0.3 is 5.97 Å². The number of carbonyl (C=O) groups excluding carboxylic acids is 1. The number of hydrogen-bond acceptors (Lipinski definition) is 4. The molecule has 0 aromatic carbocycles. The summed E-state index contributed by atoms with van der Waals surface area (Å²) >= 11 is 0. The van der Waals surface area contributed by atoms with E-state index in [1.54, 1.807) is 0 Å². The van der Waals surface area contributed by atoms with Crippen LogP contribution in [0.5, 0.6) is 0 Å². The van der Waals surface area contributed by atoms with Gasteiger partial charge in [0.2, 0.25) is 0 Å². The number of hydrogen-bond donors (Lipinski definition) is 1. The minimum Gasteiger partial charge on any atom is -0.457 e. The highest BCUT2D eigenvalue weighted by molar-refractivity contribution is 5.70. The van der Waals surface area contributed by atoms with E-state index in [1.807, 2.05) is 0 Å². The highest BCUT2D eigenvalue weighted by atomic mass is 16.6. The van der Waals surface area contributed by atoms with Gasteiger partial charge in [0.05, 0.1) is 13.2 Å². The maximum Gasteiger partial charge on any atom is 0.306 e. The van der Waals surface area contributed by atoms with Crippen LogP contribution in [0, 0.1) is 11.8 Å². The summed E-state index contributed by atoms with van der Waals surface area (Å²) in [6.07, 6.45) is 3.02. The molecular weight excluding hydrogens is 206 g/mol. The van der Waals surface area contributed by atoms with Crippen molar-refractivity contribution in [1.29, 1.82) is 0 Å². The molecule has 1 N–H and O–H groups in total. The van der Waals surface area contributed by atoms with Gasteiger partial charge in [-0.1, -0.05) is 6.92 Å². The van der Waals surface area contributed by atoms with E-state index < -0.39 is 0 Å². The van der Waals surface area contributed by atoms with E-state index in [9.17, 15) is 4.79 Å². The van der Waals surface area contributed by atoms with Gasteiger partial charge in [0.15, 0.2) is 0 Å². The summed E-state index contributed by atoms with van der Waals surface area (Å²) in [5, 5.41) is 3.38. The molecular formula is C12H21NO3. The molecule has 4 nitrogen and oxygen atoms in total. The van der Waals surface area contributed by atoms with Gasteiger partial charge in [-0.3, -0.25) is 4.79 Å².